The number of hydrogen-bond donors (Lipinski definition) is 1. The molecule has 1 fully saturated rings. The molecule has 1 saturated heterocycles. The maximum absolute atomic E-state index is 11.4. The summed E-state index contributed by atoms with van der Waals surface area (Å²) in [5.41, 5.74) is 1.09. The topological polar surface area (TPSA) is 57.6 Å². The number of rotatable bonds is 4. The summed E-state index contributed by atoms with van der Waals surface area (Å²) in [5.74, 6) is -0.660. The number of carbonyl (C=O) groups is 2. The van der Waals surface area contributed by atoms with Gasteiger partial charge in [0.05, 0.1) is 4.88 Å². The van der Waals surface area contributed by atoms with Crippen LogP contribution in [-0.4, -0.2) is 34.3 Å². The highest BCUT2D eigenvalue weighted by molar-refractivity contribution is 7.14. The van der Waals surface area contributed by atoms with Crippen LogP contribution in [0.1, 0.15) is 46.3 Å². The Bertz CT molecular complexity index is 501. The van der Waals surface area contributed by atoms with E-state index >= 15 is 0 Å². The normalized spacial score (nSPS) is 19.4. The van der Waals surface area contributed by atoms with E-state index in [0.29, 0.717) is 6.54 Å². The number of aryl methyl sites for hydroxylation is 1. The largest absolute Gasteiger partial charge is 0.480 e. The first-order valence-corrected chi connectivity index (χ1v) is 7.38. The number of piperidine rings is 1. The Kier molecular flexibility index (Phi) is 6.17. The number of hydrogen-bond acceptors (Lipinski definition) is 4. The molecule has 1 atom stereocenters. The van der Waals surface area contributed by atoms with Crippen molar-refractivity contribution in [1.82, 2.24) is 4.90 Å². The predicted octanol–water partition coefficient (Wildman–Crippen LogP) is 3.12. The Hall–Kier alpha value is -0.910. The third-order valence-electron chi connectivity index (χ3n) is 3.64. The van der Waals surface area contributed by atoms with Crippen molar-refractivity contribution in [3.8, 4) is 0 Å². The van der Waals surface area contributed by atoms with Crippen LogP contribution in [0.25, 0.3) is 0 Å². The molecule has 0 aromatic carbocycles. The number of Topliss-reactive ketones (excluding diaryl/α,β-unsaturated/α-hetero) is 1. The number of thiophene rings is 1. The van der Waals surface area contributed by atoms with Gasteiger partial charge >= 0.3 is 5.97 Å². The lowest BCUT2D eigenvalue weighted by atomic mass is 10.0. The van der Waals surface area contributed by atoms with Crippen molar-refractivity contribution in [2.75, 3.05) is 6.54 Å². The number of carbonyl (C=O) groups excluding carboxylic acids is 1. The number of ketones is 1. The zero-order valence-corrected chi connectivity index (χ0v) is 13.4. The first kappa shape index (κ1) is 17.1. The molecule has 0 aliphatic carbocycles. The number of carboxylic acid groups (broad SMARTS) is 1. The van der Waals surface area contributed by atoms with Crippen LogP contribution in [0.5, 0.6) is 0 Å². The quantitative estimate of drug-likeness (QED) is 0.867. The van der Waals surface area contributed by atoms with Crippen LogP contribution in [0.15, 0.2) is 6.07 Å². The maximum atomic E-state index is 11.4. The minimum absolute atomic E-state index is 0. The SMILES string of the molecule is CC(=O)c1cc(CN2CCCCC2C(=O)O)c(C)s1.Cl. The van der Waals surface area contributed by atoms with E-state index in [2.05, 4.69) is 0 Å². The van der Waals surface area contributed by atoms with Crippen molar-refractivity contribution in [2.24, 2.45) is 0 Å². The highest BCUT2D eigenvalue weighted by Gasteiger charge is 2.28. The number of aliphatic carboxylic acids is 1. The van der Waals surface area contributed by atoms with Crippen LogP contribution in [0.3, 0.4) is 0 Å². The average Bonchev–Trinajstić information content (AvgIpc) is 2.72. The summed E-state index contributed by atoms with van der Waals surface area (Å²) in [6.45, 7) is 5.01. The third kappa shape index (κ3) is 3.81. The van der Waals surface area contributed by atoms with E-state index in [1.807, 2.05) is 17.9 Å². The molecule has 20 heavy (non-hydrogen) atoms. The second-order valence-electron chi connectivity index (χ2n) is 5.07. The average molecular weight is 318 g/mol. The summed E-state index contributed by atoms with van der Waals surface area (Å²) < 4.78 is 0. The van der Waals surface area contributed by atoms with Crippen LogP contribution < -0.4 is 0 Å². The summed E-state index contributed by atoms with van der Waals surface area (Å²) in [6.07, 6.45) is 2.75. The maximum Gasteiger partial charge on any atom is 0.320 e. The summed E-state index contributed by atoms with van der Waals surface area (Å²) in [6, 6.07) is 1.53. The van der Waals surface area contributed by atoms with E-state index in [9.17, 15) is 14.7 Å². The Morgan fingerprint density at radius 3 is 2.70 bits per heavy atom. The lowest BCUT2D eigenvalue weighted by molar-refractivity contribution is -0.144. The van der Waals surface area contributed by atoms with Gasteiger partial charge in [0.2, 0.25) is 0 Å². The van der Waals surface area contributed by atoms with Crippen molar-refractivity contribution >= 4 is 35.5 Å². The summed E-state index contributed by atoms with van der Waals surface area (Å²) in [7, 11) is 0. The second-order valence-corrected chi connectivity index (χ2v) is 6.32. The smallest absolute Gasteiger partial charge is 0.320 e. The van der Waals surface area contributed by atoms with E-state index in [-0.39, 0.29) is 24.2 Å². The van der Waals surface area contributed by atoms with Crippen LogP contribution in [0, 0.1) is 6.92 Å². The lowest BCUT2D eigenvalue weighted by Gasteiger charge is -2.32. The standard InChI is InChI=1S/C14H19NO3S.ClH/c1-9(16)13-7-11(10(2)19-13)8-15-6-4-3-5-12(15)14(17)18;/h7,12H,3-6,8H2,1-2H3,(H,17,18);1H. The van der Waals surface area contributed by atoms with Gasteiger partial charge in [-0.05, 0) is 44.9 Å². The molecule has 0 saturated carbocycles. The highest BCUT2D eigenvalue weighted by Crippen LogP contribution is 2.26. The van der Waals surface area contributed by atoms with Crippen LogP contribution in [0.2, 0.25) is 0 Å². The van der Waals surface area contributed by atoms with Crippen molar-refractivity contribution in [3.63, 3.8) is 0 Å². The van der Waals surface area contributed by atoms with Gasteiger partial charge in [-0.25, -0.2) is 0 Å². The highest BCUT2D eigenvalue weighted by atomic mass is 35.5. The Morgan fingerprint density at radius 2 is 2.15 bits per heavy atom. The zero-order valence-electron chi connectivity index (χ0n) is 11.7. The minimum atomic E-state index is -0.737. The van der Waals surface area contributed by atoms with Crippen molar-refractivity contribution in [2.45, 2.75) is 45.7 Å². The fraction of sp³-hybridized carbons (Fsp3) is 0.571. The molecule has 0 radical (unpaired) electrons. The van der Waals surface area contributed by atoms with Gasteiger partial charge < -0.3 is 5.11 Å². The van der Waals surface area contributed by atoms with Crippen LogP contribution in [-0.2, 0) is 11.3 Å². The van der Waals surface area contributed by atoms with E-state index in [1.54, 1.807) is 6.92 Å². The van der Waals surface area contributed by atoms with Gasteiger partial charge in [-0.2, -0.15) is 0 Å². The Balaban J connectivity index is 0.00000200. The molecule has 4 nitrogen and oxygen atoms in total. The predicted molar refractivity (Wildman–Crippen MR) is 82.0 cm³/mol. The first-order valence-electron chi connectivity index (χ1n) is 6.56. The van der Waals surface area contributed by atoms with Gasteiger partial charge in [0.1, 0.15) is 6.04 Å². The number of nitrogens with zero attached hydrogens (tertiary/aromatic N) is 1. The van der Waals surface area contributed by atoms with Gasteiger partial charge in [0.15, 0.2) is 5.78 Å². The minimum Gasteiger partial charge on any atom is -0.480 e. The zero-order chi connectivity index (χ0) is 14.0. The van der Waals surface area contributed by atoms with Gasteiger partial charge in [-0.1, -0.05) is 6.42 Å². The lowest BCUT2D eigenvalue weighted by Crippen LogP contribution is -2.44. The Morgan fingerprint density at radius 1 is 1.45 bits per heavy atom. The van der Waals surface area contributed by atoms with Gasteiger partial charge in [-0.15, -0.1) is 23.7 Å². The van der Waals surface area contributed by atoms with E-state index in [0.717, 1.165) is 41.1 Å². The molecule has 1 aromatic rings. The molecule has 1 aliphatic rings. The molecular formula is C14H20ClNO3S. The molecule has 0 spiro atoms. The molecule has 6 heteroatoms. The van der Waals surface area contributed by atoms with Crippen LogP contribution >= 0.6 is 23.7 Å². The Labute approximate surface area is 129 Å². The summed E-state index contributed by atoms with van der Waals surface area (Å²) >= 11 is 1.50. The fourth-order valence-corrected chi connectivity index (χ4v) is 3.46. The van der Waals surface area contributed by atoms with E-state index < -0.39 is 5.97 Å². The first-order chi connectivity index (χ1) is 8.99. The molecule has 2 heterocycles. The fourth-order valence-electron chi connectivity index (χ4n) is 2.53. The molecule has 112 valence electrons. The molecule has 2 rings (SSSR count). The number of likely N-dealkylation sites (tertiary alicyclic amines) is 1. The monoisotopic (exact) mass is 317 g/mol. The van der Waals surface area contributed by atoms with Gasteiger partial charge in [0.25, 0.3) is 0 Å². The summed E-state index contributed by atoms with van der Waals surface area (Å²) in [5, 5.41) is 9.26. The van der Waals surface area contributed by atoms with E-state index in [1.165, 1.54) is 11.3 Å². The molecule has 0 bridgehead atoms. The van der Waals surface area contributed by atoms with Crippen molar-refractivity contribution < 1.29 is 14.7 Å². The number of halogens is 1. The molecule has 1 unspecified atom stereocenters. The molecule has 0 amide bonds. The van der Waals surface area contributed by atoms with Gasteiger partial charge in [-0.3, -0.25) is 14.5 Å². The molecule has 1 aromatic heterocycles. The molecule has 1 aliphatic heterocycles. The van der Waals surface area contributed by atoms with Gasteiger partial charge in [0, 0.05) is 11.4 Å². The third-order valence-corrected chi connectivity index (χ3v) is 4.83. The number of carboxylic acids is 1. The summed E-state index contributed by atoms with van der Waals surface area (Å²) in [4.78, 5) is 26.5. The van der Waals surface area contributed by atoms with Crippen molar-refractivity contribution in [1.29, 1.82) is 0 Å². The molecule has 1 N–H and O–H groups in total. The molecular weight excluding hydrogens is 298 g/mol. The van der Waals surface area contributed by atoms with Crippen LogP contribution in [0.4, 0.5) is 0 Å². The van der Waals surface area contributed by atoms with Crippen molar-refractivity contribution in [3.05, 3.63) is 21.4 Å². The second kappa shape index (κ2) is 7.20. The van der Waals surface area contributed by atoms with E-state index in [4.69, 9.17) is 0 Å².